The van der Waals surface area contributed by atoms with Gasteiger partial charge in [0, 0.05) is 17.1 Å². The van der Waals surface area contributed by atoms with Gasteiger partial charge in [0.2, 0.25) is 0 Å². The van der Waals surface area contributed by atoms with Gasteiger partial charge in [-0.25, -0.2) is 15.0 Å². The first-order valence-electron chi connectivity index (χ1n) is 7.95. The zero-order chi connectivity index (χ0) is 17.2. The van der Waals surface area contributed by atoms with Crippen molar-refractivity contribution in [1.82, 2.24) is 15.0 Å². The predicted octanol–water partition coefficient (Wildman–Crippen LogP) is 4.54. The molecule has 118 valence electrons. The fourth-order valence-corrected chi connectivity index (χ4v) is 2.81. The van der Waals surface area contributed by atoms with Crippen molar-refractivity contribution < 1.29 is 0 Å². The van der Waals surface area contributed by atoms with Gasteiger partial charge in [-0.3, -0.25) is 0 Å². The third-order valence-electron chi connectivity index (χ3n) is 4.12. The predicted molar refractivity (Wildman–Crippen MR) is 97.7 cm³/mol. The molecular formula is C21H14N4. The van der Waals surface area contributed by atoms with E-state index in [0.717, 1.165) is 27.7 Å². The average Bonchev–Trinajstić information content (AvgIpc) is 2.68. The van der Waals surface area contributed by atoms with E-state index in [9.17, 15) is 5.26 Å². The van der Waals surface area contributed by atoms with E-state index in [1.165, 1.54) is 0 Å². The molecule has 0 amide bonds. The van der Waals surface area contributed by atoms with Crippen LogP contribution in [0, 0.1) is 18.3 Å². The second-order valence-corrected chi connectivity index (χ2v) is 5.77. The van der Waals surface area contributed by atoms with Crippen LogP contribution in [0.15, 0.2) is 66.9 Å². The third kappa shape index (κ3) is 2.73. The smallest absolute Gasteiger partial charge is 0.178 e. The number of para-hydroxylation sites is 1. The topological polar surface area (TPSA) is 62.5 Å². The summed E-state index contributed by atoms with van der Waals surface area (Å²) >= 11 is 0. The number of nitriles is 1. The summed E-state index contributed by atoms with van der Waals surface area (Å²) < 4.78 is 0. The lowest BCUT2D eigenvalue weighted by atomic mass is 10.0. The van der Waals surface area contributed by atoms with E-state index in [2.05, 4.69) is 16.0 Å². The number of hydrogen-bond donors (Lipinski definition) is 0. The highest BCUT2D eigenvalue weighted by atomic mass is 14.9. The van der Waals surface area contributed by atoms with E-state index in [-0.39, 0.29) is 0 Å². The average molecular weight is 322 g/mol. The molecule has 4 rings (SSSR count). The van der Waals surface area contributed by atoms with Gasteiger partial charge in [0.1, 0.15) is 5.69 Å². The van der Waals surface area contributed by atoms with Crippen LogP contribution in [0.3, 0.4) is 0 Å². The van der Waals surface area contributed by atoms with Crippen LogP contribution in [0.1, 0.15) is 11.1 Å². The lowest BCUT2D eigenvalue weighted by Gasteiger charge is -2.09. The summed E-state index contributed by atoms with van der Waals surface area (Å²) in [5.74, 6) is 0.578. The standard InChI is InChI=1S/C21H14N4/c1-14-10-11-19(21-23-13-16-7-3-5-9-18(16)25-21)24-20(14)17-8-4-2-6-15(17)12-22/h2-11,13H,1H3. The molecule has 2 aromatic heterocycles. The van der Waals surface area contributed by atoms with E-state index in [1.54, 1.807) is 6.07 Å². The van der Waals surface area contributed by atoms with Crippen LogP contribution in [-0.4, -0.2) is 15.0 Å². The Morgan fingerprint density at radius 2 is 1.68 bits per heavy atom. The molecule has 0 atom stereocenters. The number of aryl methyl sites for hydroxylation is 1. The maximum absolute atomic E-state index is 9.37. The monoisotopic (exact) mass is 322 g/mol. The van der Waals surface area contributed by atoms with Crippen molar-refractivity contribution >= 4 is 10.9 Å². The summed E-state index contributed by atoms with van der Waals surface area (Å²) in [7, 11) is 0. The van der Waals surface area contributed by atoms with Crippen molar-refractivity contribution in [2.75, 3.05) is 0 Å². The van der Waals surface area contributed by atoms with Gasteiger partial charge in [0.05, 0.1) is 22.8 Å². The first-order chi connectivity index (χ1) is 12.3. The Kier molecular flexibility index (Phi) is 3.68. The maximum Gasteiger partial charge on any atom is 0.178 e. The minimum absolute atomic E-state index is 0.578. The quantitative estimate of drug-likeness (QED) is 0.543. The van der Waals surface area contributed by atoms with Gasteiger partial charge in [-0.1, -0.05) is 42.5 Å². The van der Waals surface area contributed by atoms with E-state index in [1.807, 2.05) is 67.7 Å². The van der Waals surface area contributed by atoms with E-state index < -0.39 is 0 Å². The minimum Gasteiger partial charge on any atom is -0.244 e. The van der Waals surface area contributed by atoms with E-state index in [4.69, 9.17) is 4.98 Å². The second kappa shape index (κ2) is 6.14. The first-order valence-corrected chi connectivity index (χ1v) is 7.95. The van der Waals surface area contributed by atoms with Crippen molar-refractivity contribution in [1.29, 1.82) is 5.26 Å². The van der Waals surface area contributed by atoms with Crippen LogP contribution in [0.5, 0.6) is 0 Å². The van der Waals surface area contributed by atoms with Crippen LogP contribution in [0.2, 0.25) is 0 Å². The van der Waals surface area contributed by atoms with Gasteiger partial charge in [-0.05, 0) is 30.7 Å². The summed E-state index contributed by atoms with van der Waals surface area (Å²) in [5, 5.41) is 10.4. The SMILES string of the molecule is Cc1ccc(-c2ncc3ccccc3n2)nc1-c1ccccc1C#N. The molecule has 0 aliphatic carbocycles. The van der Waals surface area contributed by atoms with Crippen LogP contribution in [-0.2, 0) is 0 Å². The number of hydrogen-bond acceptors (Lipinski definition) is 4. The highest BCUT2D eigenvalue weighted by Crippen LogP contribution is 2.27. The largest absolute Gasteiger partial charge is 0.244 e. The molecule has 0 saturated heterocycles. The van der Waals surface area contributed by atoms with Gasteiger partial charge < -0.3 is 0 Å². The zero-order valence-electron chi connectivity index (χ0n) is 13.6. The molecule has 2 heterocycles. The van der Waals surface area contributed by atoms with Gasteiger partial charge in [-0.2, -0.15) is 5.26 Å². The van der Waals surface area contributed by atoms with Crippen molar-refractivity contribution in [3.05, 3.63) is 78.0 Å². The zero-order valence-corrected chi connectivity index (χ0v) is 13.6. The molecule has 0 aliphatic heterocycles. The molecule has 0 saturated carbocycles. The highest BCUT2D eigenvalue weighted by Gasteiger charge is 2.12. The first kappa shape index (κ1) is 15.0. The molecule has 0 unspecified atom stereocenters. The number of fused-ring (bicyclic) bond motifs is 1. The Labute approximate surface area is 145 Å². The summed E-state index contributed by atoms with van der Waals surface area (Å²) in [4.78, 5) is 13.8. The number of nitrogens with zero attached hydrogens (tertiary/aromatic N) is 4. The lowest BCUT2D eigenvalue weighted by Crippen LogP contribution is -1.97. The summed E-state index contributed by atoms with van der Waals surface area (Å²) in [6, 6.07) is 21.5. The van der Waals surface area contributed by atoms with Crippen LogP contribution in [0.25, 0.3) is 33.7 Å². The minimum atomic E-state index is 0.578. The van der Waals surface area contributed by atoms with Crippen molar-refractivity contribution in [3.63, 3.8) is 0 Å². The highest BCUT2D eigenvalue weighted by molar-refractivity contribution is 5.79. The molecule has 0 aliphatic rings. The maximum atomic E-state index is 9.37. The second-order valence-electron chi connectivity index (χ2n) is 5.77. The summed E-state index contributed by atoms with van der Waals surface area (Å²) in [6.45, 7) is 1.99. The van der Waals surface area contributed by atoms with E-state index in [0.29, 0.717) is 17.1 Å². The Balaban J connectivity index is 1.88. The van der Waals surface area contributed by atoms with Crippen molar-refractivity contribution in [2.24, 2.45) is 0 Å². The molecule has 0 radical (unpaired) electrons. The number of benzene rings is 2. The van der Waals surface area contributed by atoms with Crippen LogP contribution >= 0.6 is 0 Å². The molecule has 4 aromatic rings. The normalized spacial score (nSPS) is 10.6. The number of rotatable bonds is 2. The molecule has 25 heavy (non-hydrogen) atoms. The number of aromatic nitrogens is 3. The molecule has 0 fully saturated rings. The Bertz CT molecular complexity index is 1130. The summed E-state index contributed by atoms with van der Waals surface area (Å²) in [6.07, 6.45) is 1.81. The van der Waals surface area contributed by atoms with Crippen LogP contribution < -0.4 is 0 Å². The van der Waals surface area contributed by atoms with Gasteiger partial charge in [0.15, 0.2) is 5.82 Å². The van der Waals surface area contributed by atoms with Crippen molar-refractivity contribution in [3.8, 4) is 28.8 Å². The van der Waals surface area contributed by atoms with Gasteiger partial charge >= 0.3 is 0 Å². The van der Waals surface area contributed by atoms with Gasteiger partial charge in [-0.15, -0.1) is 0 Å². The van der Waals surface area contributed by atoms with Gasteiger partial charge in [0.25, 0.3) is 0 Å². The van der Waals surface area contributed by atoms with E-state index >= 15 is 0 Å². The fourth-order valence-electron chi connectivity index (χ4n) is 2.81. The molecule has 4 heteroatoms. The molecule has 4 nitrogen and oxygen atoms in total. The fraction of sp³-hybridized carbons (Fsp3) is 0.0476. The Hall–Kier alpha value is -3.58. The van der Waals surface area contributed by atoms with Crippen LogP contribution in [0.4, 0.5) is 0 Å². The third-order valence-corrected chi connectivity index (χ3v) is 4.12. The molecule has 0 bridgehead atoms. The lowest BCUT2D eigenvalue weighted by molar-refractivity contribution is 1.17. The van der Waals surface area contributed by atoms with Crippen molar-refractivity contribution in [2.45, 2.75) is 6.92 Å². The summed E-state index contributed by atoms with van der Waals surface area (Å²) in [5.41, 5.74) is 4.80. The molecule has 0 spiro atoms. The molecule has 2 aromatic carbocycles. The Morgan fingerprint density at radius 3 is 2.56 bits per heavy atom. The molecule has 0 N–H and O–H groups in total. The molecular weight excluding hydrogens is 308 g/mol. The Morgan fingerprint density at radius 1 is 0.880 bits per heavy atom. The number of pyridine rings is 1.